The zero-order chi connectivity index (χ0) is 19.3. The number of hydrogen-bond acceptors (Lipinski definition) is 6. The Morgan fingerprint density at radius 2 is 2.00 bits per heavy atom. The van der Waals surface area contributed by atoms with Crippen LogP contribution < -0.4 is 0 Å². The number of aliphatic hydroxyl groups excluding tert-OH is 1. The lowest BCUT2D eigenvalue weighted by Gasteiger charge is -2.44. The number of carbonyl (C=O) groups excluding carboxylic acids is 1. The lowest BCUT2D eigenvalue weighted by Crippen LogP contribution is -2.47. The predicted octanol–water partition coefficient (Wildman–Crippen LogP) is 2.89. The van der Waals surface area contributed by atoms with E-state index in [1.807, 2.05) is 19.1 Å². The van der Waals surface area contributed by atoms with Crippen molar-refractivity contribution >= 4 is 15.2 Å². The van der Waals surface area contributed by atoms with Crippen molar-refractivity contribution in [2.24, 2.45) is 0 Å². The number of aliphatic hydroxyl groups is 1. The summed E-state index contributed by atoms with van der Waals surface area (Å²) in [5.41, 5.74) is 4.29. The summed E-state index contributed by atoms with van der Waals surface area (Å²) in [5.74, 6) is -0.542. The molecule has 2 heterocycles. The highest BCUT2D eigenvalue weighted by atomic mass is 31.0. The van der Waals surface area contributed by atoms with Gasteiger partial charge < -0.3 is 23.5 Å². The van der Waals surface area contributed by atoms with Gasteiger partial charge in [-0.15, -0.1) is 0 Å². The molecule has 1 spiro atoms. The lowest BCUT2D eigenvalue weighted by atomic mass is 9.60. The van der Waals surface area contributed by atoms with Gasteiger partial charge in [-0.1, -0.05) is 12.1 Å². The van der Waals surface area contributed by atoms with Crippen LogP contribution in [0.25, 0.3) is 0 Å². The van der Waals surface area contributed by atoms with Gasteiger partial charge in [0, 0.05) is 50.0 Å². The van der Waals surface area contributed by atoms with E-state index in [1.165, 1.54) is 0 Å². The summed E-state index contributed by atoms with van der Waals surface area (Å²) in [7, 11) is 2.25. The third kappa shape index (κ3) is 1.84. The van der Waals surface area contributed by atoms with Crippen LogP contribution in [0.3, 0.4) is 0 Å². The fourth-order valence-corrected chi connectivity index (χ4v) is 5.99. The molecule has 1 N–H and O–H groups in total. The van der Waals surface area contributed by atoms with Crippen molar-refractivity contribution in [2.75, 3.05) is 13.2 Å². The number of carbonyl (C=O) groups is 1. The Kier molecular flexibility index (Phi) is 3.42. The van der Waals surface area contributed by atoms with E-state index >= 15 is 0 Å². The highest BCUT2D eigenvalue weighted by molar-refractivity contribution is 7.09. The summed E-state index contributed by atoms with van der Waals surface area (Å²) in [5, 5.41) is 11.1. The fourth-order valence-electron chi connectivity index (χ4n) is 5.73. The van der Waals surface area contributed by atoms with E-state index in [2.05, 4.69) is 9.47 Å². The molecule has 28 heavy (non-hydrogen) atoms. The van der Waals surface area contributed by atoms with Gasteiger partial charge in [-0.3, -0.25) is 4.79 Å². The molecule has 1 aliphatic heterocycles. The zero-order valence-corrected chi connectivity index (χ0v) is 16.6. The minimum Gasteiger partial charge on any atom is -0.460 e. The minimum atomic E-state index is -0.732. The molecule has 1 aromatic carbocycles. The molecule has 0 bridgehead atoms. The Morgan fingerprint density at radius 3 is 2.75 bits per heavy atom. The van der Waals surface area contributed by atoms with Crippen LogP contribution in [0.5, 0.6) is 0 Å². The van der Waals surface area contributed by atoms with Crippen LogP contribution in [0.1, 0.15) is 69.8 Å². The zero-order valence-electron chi connectivity index (χ0n) is 15.5. The molecule has 7 heteroatoms. The van der Waals surface area contributed by atoms with Crippen LogP contribution in [0.2, 0.25) is 0 Å². The second-order valence-corrected chi connectivity index (χ2v) is 8.54. The van der Waals surface area contributed by atoms with E-state index < -0.39 is 17.3 Å². The molecule has 4 atom stereocenters. The number of benzene rings is 1. The smallest absolute Gasteiger partial charge is 0.229 e. The highest BCUT2D eigenvalue weighted by Gasteiger charge is 2.55. The van der Waals surface area contributed by atoms with Gasteiger partial charge in [0.25, 0.3) is 0 Å². The first-order valence-electron chi connectivity index (χ1n) is 9.66. The number of rotatable bonds is 1. The predicted molar refractivity (Wildman–Crippen MR) is 101 cm³/mol. The van der Waals surface area contributed by atoms with Crippen molar-refractivity contribution < 1.29 is 28.3 Å². The number of furan rings is 1. The molecule has 6 rings (SSSR count). The summed E-state index contributed by atoms with van der Waals surface area (Å²) in [6.07, 6.45) is 2.45. The average molecular weight is 400 g/mol. The Bertz CT molecular complexity index is 1020. The molecule has 1 fully saturated rings. The van der Waals surface area contributed by atoms with E-state index in [-0.39, 0.29) is 11.9 Å². The quantitative estimate of drug-likeness (QED) is 0.742. The SMILES string of the molecule is C[C@@]12c3ccc4c(c3C(=O)c3occ(c31)C(OP)CC2O)CCC41OCCO1. The average Bonchev–Trinajstić information content (AvgIpc) is 3.43. The van der Waals surface area contributed by atoms with Crippen molar-refractivity contribution in [3.05, 3.63) is 57.5 Å². The van der Waals surface area contributed by atoms with Gasteiger partial charge >= 0.3 is 0 Å². The maximum atomic E-state index is 13.5. The topological polar surface area (TPSA) is 78.1 Å². The standard InChI is InChI=1S/C21H21O6P/c1-20-13-3-2-12-10(4-5-21(12)25-6-7-26-21)16(13)18(23)19-17(20)11(9-24-19)14(27-28)8-15(20)22/h2-3,9,14-15,22H,4-8,28H2,1H3/t14?,15?,20-/m0/s1. The third-order valence-electron chi connectivity index (χ3n) is 7.13. The molecule has 0 radical (unpaired) electrons. The van der Waals surface area contributed by atoms with Crippen LogP contribution in [0, 0.1) is 0 Å². The van der Waals surface area contributed by atoms with Crippen molar-refractivity contribution in [1.82, 2.24) is 0 Å². The van der Waals surface area contributed by atoms with Crippen LogP contribution in [-0.4, -0.2) is 30.2 Å². The molecule has 1 aromatic heterocycles. The highest BCUT2D eigenvalue weighted by Crippen LogP contribution is 2.56. The molecule has 1 saturated heterocycles. The number of fused-ring (bicyclic) bond motifs is 5. The van der Waals surface area contributed by atoms with Gasteiger partial charge in [0.05, 0.1) is 31.7 Å². The Labute approximate surface area is 164 Å². The summed E-state index contributed by atoms with van der Waals surface area (Å²) < 4.78 is 23.1. The van der Waals surface area contributed by atoms with Gasteiger partial charge in [0.2, 0.25) is 5.78 Å². The van der Waals surface area contributed by atoms with E-state index in [4.69, 9.17) is 18.4 Å². The van der Waals surface area contributed by atoms with Gasteiger partial charge in [-0.25, -0.2) is 0 Å². The van der Waals surface area contributed by atoms with E-state index in [9.17, 15) is 9.90 Å². The van der Waals surface area contributed by atoms with Crippen LogP contribution in [0.15, 0.2) is 22.8 Å². The molecule has 6 nitrogen and oxygen atoms in total. The Balaban J connectivity index is 1.62. The van der Waals surface area contributed by atoms with Crippen molar-refractivity contribution in [3.63, 3.8) is 0 Å². The second kappa shape index (κ2) is 5.53. The maximum absolute atomic E-state index is 13.5. The monoisotopic (exact) mass is 400 g/mol. The van der Waals surface area contributed by atoms with Crippen molar-refractivity contribution in [3.8, 4) is 0 Å². The van der Waals surface area contributed by atoms with E-state index in [0.29, 0.717) is 43.8 Å². The summed E-state index contributed by atoms with van der Waals surface area (Å²) in [6, 6.07) is 3.98. The number of ether oxygens (including phenoxy) is 2. The normalized spacial score (nSPS) is 31.8. The van der Waals surface area contributed by atoms with Crippen molar-refractivity contribution in [2.45, 2.75) is 49.6 Å². The van der Waals surface area contributed by atoms with Gasteiger partial charge in [-0.05, 0) is 24.5 Å². The van der Waals surface area contributed by atoms with Crippen LogP contribution in [0.4, 0.5) is 0 Å². The third-order valence-corrected chi connectivity index (χ3v) is 7.46. The molecule has 0 amide bonds. The molecule has 2 aromatic rings. The molecular weight excluding hydrogens is 379 g/mol. The van der Waals surface area contributed by atoms with Gasteiger partial charge in [0.1, 0.15) is 0 Å². The number of ketones is 1. The first kappa shape index (κ1) is 17.3. The molecule has 4 aliphatic rings. The summed E-state index contributed by atoms with van der Waals surface area (Å²) in [4.78, 5) is 13.5. The first-order valence-corrected chi connectivity index (χ1v) is 10.1. The number of hydrogen-bond donors (Lipinski definition) is 1. The summed E-state index contributed by atoms with van der Waals surface area (Å²) >= 11 is 0. The van der Waals surface area contributed by atoms with Gasteiger partial charge in [0.15, 0.2) is 11.5 Å². The molecule has 3 aliphatic carbocycles. The molecular formula is C21H21O6P. The second-order valence-electron chi connectivity index (χ2n) is 8.27. The largest absolute Gasteiger partial charge is 0.460 e. The summed E-state index contributed by atoms with van der Waals surface area (Å²) in [6.45, 7) is 3.12. The Hall–Kier alpha value is -1.56. The maximum Gasteiger partial charge on any atom is 0.229 e. The molecule has 3 unspecified atom stereocenters. The van der Waals surface area contributed by atoms with E-state index in [1.54, 1.807) is 6.26 Å². The first-order chi connectivity index (χ1) is 13.5. The molecule has 146 valence electrons. The molecule has 0 saturated carbocycles. The van der Waals surface area contributed by atoms with Gasteiger partial charge in [-0.2, -0.15) is 0 Å². The Morgan fingerprint density at radius 1 is 1.25 bits per heavy atom. The lowest BCUT2D eigenvalue weighted by molar-refractivity contribution is -0.163. The van der Waals surface area contributed by atoms with Crippen molar-refractivity contribution in [1.29, 1.82) is 0 Å². The minimum absolute atomic E-state index is 0.128. The fraction of sp³-hybridized carbons (Fsp3) is 0.476. The van der Waals surface area contributed by atoms with Crippen LogP contribution >= 0.6 is 9.47 Å². The van der Waals surface area contributed by atoms with E-state index in [0.717, 1.165) is 27.8 Å². The van der Waals surface area contributed by atoms with Crippen LogP contribution in [-0.2, 0) is 31.6 Å².